The zero-order valence-electron chi connectivity index (χ0n) is 6.97. The Bertz CT molecular complexity index is 451. The fourth-order valence-corrected chi connectivity index (χ4v) is 1.37. The normalized spacial score (nSPS) is 20.5. The van der Waals surface area contributed by atoms with Crippen molar-refractivity contribution in [3.8, 4) is 0 Å². The smallest absolute Gasteiger partial charge is 0.123 e. The molecule has 3 nitrogen and oxygen atoms in total. The summed E-state index contributed by atoms with van der Waals surface area (Å²) < 4.78 is 5.16. The summed E-state index contributed by atoms with van der Waals surface area (Å²) in [6, 6.07) is 7.83. The zero-order valence-corrected chi connectivity index (χ0v) is 6.97. The van der Waals surface area contributed by atoms with E-state index in [1.165, 1.54) is 0 Å². The summed E-state index contributed by atoms with van der Waals surface area (Å²) in [4.78, 5) is 8.65. The van der Waals surface area contributed by atoms with E-state index in [4.69, 9.17) is 4.74 Å². The molecule has 2 aromatic heterocycles. The van der Waals surface area contributed by atoms with Crippen LogP contribution in [-0.2, 0) is 4.74 Å². The lowest BCUT2D eigenvalue weighted by Crippen LogP contribution is -1.88. The number of rotatable bonds is 1. The van der Waals surface area contributed by atoms with Gasteiger partial charge in [-0.15, -0.1) is 0 Å². The number of hydrogen-bond donors (Lipinski definition) is 0. The van der Waals surface area contributed by atoms with Crippen molar-refractivity contribution in [1.29, 1.82) is 0 Å². The predicted molar refractivity (Wildman–Crippen MR) is 48.2 cm³/mol. The maximum absolute atomic E-state index is 5.16. The first-order chi connectivity index (χ1) is 6.43. The third-order valence-corrected chi connectivity index (χ3v) is 2.14. The van der Waals surface area contributed by atoms with E-state index < -0.39 is 0 Å². The molecule has 1 aliphatic rings. The molecule has 0 saturated carbocycles. The van der Waals surface area contributed by atoms with Crippen molar-refractivity contribution in [2.75, 3.05) is 6.61 Å². The molecule has 1 saturated heterocycles. The van der Waals surface area contributed by atoms with Gasteiger partial charge in [-0.3, -0.25) is 4.98 Å². The van der Waals surface area contributed by atoms with Crippen molar-refractivity contribution in [3.63, 3.8) is 0 Å². The highest BCUT2D eigenvalue weighted by Gasteiger charge is 2.26. The predicted octanol–water partition coefficient (Wildman–Crippen LogP) is 1.70. The molecule has 0 radical (unpaired) electrons. The van der Waals surface area contributed by atoms with Crippen molar-refractivity contribution in [2.24, 2.45) is 0 Å². The van der Waals surface area contributed by atoms with Crippen molar-refractivity contribution in [1.82, 2.24) is 9.97 Å². The molecule has 2 aromatic rings. The molecular formula is C10H8N2O. The quantitative estimate of drug-likeness (QED) is 0.614. The molecule has 3 heterocycles. The lowest BCUT2D eigenvalue weighted by Gasteiger charge is -1.97. The number of fused-ring (bicyclic) bond motifs is 1. The summed E-state index contributed by atoms with van der Waals surface area (Å²) in [6.07, 6.45) is 2.00. The Morgan fingerprint density at radius 3 is 3.00 bits per heavy atom. The minimum absolute atomic E-state index is 0.226. The highest BCUT2D eigenvalue weighted by molar-refractivity contribution is 5.73. The fourth-order valence-electron chi connectivity index (χ4n) is 1.37. The van der Waals surface area contributed by atoms with Gasteiger partial charge in [0.2, 0.25) is 0 Å². The Morgan fingerprint density at radius 2 is 2.15 bits per heavy atom. The SMILES string of the molecule is c1cnc2ccc([C@@H]3CO3)nc2c1. The van der Waals surface area contributed by atoms with Crippen LogP contribution in [0.25, 0.3) is 11.0 Å². The first-order valence-corrected chi connectivity index (χ1v) is 4.27. The second kappa shape index (κ2) is 2.50. The molecule has 1 atom stereocenters. The molecule has 13 heavy (non-hydrogen) atoms. The molecule has 0 aromatic carbocycles. The Labute approximate surface area is 75.4 Å². The van der Waals surface area contributed by atoms with Crippen LogP contribution in [0.1, 0.15) is 11.8 Å². The van der Waals surface area contributed by atoms with Gasteiger partial charge in [0.15, 0.2) is 0 Å². The van der Waals surface area contributed by atoms with Gasteiger partial charge in [-0.05, 0) is 24.3 Å². The van der Waals surface area contributed by atoms with Gasteiger partial charge in [-0.1, -0.05) is 0 Å². The number of nitrogens with zero attached hydrogens (tertiary/aromatic N) is 2. The van der Waals surface area contributed by atoms with Gasteiger partial charge < -0.3 is 4.74 Å². The average molecular weight is 172 g/mol. The van der Waals surface area contributed by atoms with Crippen LogP contribution in [0.15, 0.2) is 30.5 Å². The van der Waals surface area contributed by atoms with Crippen molar-refractivity contribution < 1.29 is 4.74 Å². The molecule has 0 bridgehead atoms. The van der Waals surface area contributed by atoms with Crippen molar-refractivity contribution in [2.45, 2.75) is 6.10 Å². The third-order valence-electron chi connectivity index (χ3n) is 2.14. The molecule has 0 unspecified atom stereocenters. The summed E-state index contributed by atoms with van der Waals surface area (Å²) in [6.45, 7) is 0.804. The van der Waals surface area contributed by atoms with E-state index in [1.807, 2.05) is 24.3 Å². The largest absolute Gasteiger partial charge is 0.366 e. The van der Waals surface area contributed by atoms with Gasteiger partial charge in [0, 0.05) is 6.20 Å². The lowest BCUT2D eigenvalue weighted by atomic mass is 10.2. The number of ether oxygens (including phenoxy) is 1. The first kappa shape index (κ1) is 6.97. The van der Waals surface area contributed by atoms with E-state index in [1.54, 1.807) is 6.20 Å². The Balaban J connectivity index is 2.21. The summed E-state index contributed by atoms with van der Waals surface area (Å²) in [5.74, 6) is 0. The van der Waals surface area contributed by atoms with E-state index >= 15 is 0 Å². The molecule has 1 aliphatic heterocycles. The van der Waals surface area contributed by atoms with Crippen LogP contribution >= 0.6 is 0 Å². The topological polar surface area (TPSA) is 38.3 Å². The van der Waals surface area contributed by atoms with Crippen LogP contribution in [-0.4, -0.2) is 16.6 Å². The summed E-state index contributed by atoms with van der Waals surface area (Å²) in [5.41, 5.74) is 2.89. The van der Waals surface area contributed by atoms with Crippen molar-refractivity contribution in [3.05, 3.63) is 36.2 Å². The number of pyridine rings is 2. The Hall–Kier alpha value is -1.48. The minimum Gasteiger partial charge on any atom is -0.366 e. The monoisotopic (exact) mass is 172 g/mol. The Morgan fingerprint density at radius 1 is 1.23 bits per heavy atom. The molecule has 64 valence electrons. The van der Waals surface area contributed by atoms with Gasteiger partial charge >= 0.3 is 0 Å². The maximum Gasteiger partial charge on any atom is 0.123 e. The van der Waals surface area contributed by atoms with E-state index in [2.05, 4.69) is 9.97 Å². The van der Waals surface area contributed by atoms with Crippen LogP contribution < -0.4 is 0 Å². The van der Waals surface area contributed by atoms with Gasteiger partial charge in [0.25, 0.3) is 0 Å². The van der Waals surface area contributed by atoms with Crippen LogP contribution in [0.4, 0.5) is 0 Å². The molecule has 0 N–H and O–H groups in total. The van der Waals surface area contributed by atoms with E-state index in [-0.39, 0.29) is 6.10 Å². The fraction of sp³-hybridized carbons (Fsp3) is 0.200. The molecule has 0 amide bonds. The molecule has 0 spiro atoms. The summed E-state index contributed by atoms with van der Waals surface area (Å²) in [5, 5.41) is 0. The number of epoxide rings is 1. The molecule has 1 fully saturated rings. The van der Waals surface area contributed by atoms with Crippen LogP contribution in [0.2, 0.25) is 0 Å². The Kier molecular flexibility index (Phi) is 1.34. The maximum atomic E-state index is 5.16. The van der Waals surface area contributed by atoms with Crippen LogP contribution in [0, 0.1) is 0 Å². The minimum atomic E-state index is 0.226. The van der Waals surface area contributed by atoms with E-state index in [0.29, 0.717) is 0 Å². The average Bonchev–Trinajstić information content (AvgIpc) is 3.00. The number of aromatic nitrogens is 2. The van der Waals surface area contributed by atoms with Gasteiger partial charge in [-0.2, -0.15) is 0 Å². The summed E-state index contributed by atoms with van der Waals surface area (Å²) in [7, 11) is 0. The lowest BCUT2D eigenvalue weighted by molar-refractivity contribution is 0.412. The second-order valence-corrected chi connectivity index (χ2v) is 3.10. The van der Waals surface area contributed by atoms with Crippen molar-refractivity contribution >= 4 is 11.0 Å². The highest BCUT2D eigenvalue weighted by Crippen LogP contribution is 2.28. The molecular weight excluding hydrogens is 164 g/mol. The van der Waals surface area contributed by atoms with E-state index in [0.717, 1.165) is 23.3 Å². The molecule has 3 heteroatoms. The molecule has 3 rings (SSSR count). The van der Waals surface area contributed by atoms with Crippen LogP contribution in [0.3, 0.4) is 0 Å². The standard InChI is InChI=1S/C10H8N2O/c1-2-8-7(11-5-1)3-4-9(12-8)10-6-13-10/h1-5,10H,6H2/t10-/m0/s1. The third kappa shape index (κ3) is 1.17. The molecule has 0 aliphatic carbocycles. The first-order valence-electron chi connectivity index (χ1n) is 4.27. The van der Waals surface area contributed by atoms with Crippen LogP contribution in [0.5, 0.6) is 0 Å². The van der Waals surface area contributed by atoms with Gasteiger partial charge in [-0.25, -0.2) is 4.98 Å². The number of hydrogen-bond acceptors (Lipinski definition) is 3. The van der Waals surface area contributed by atoms with Gasteiger partial charge in [0.1, 0.15) is 6.10 Å². The second-order valence-electron chi connectivity index (χ2n) is 3.10. The summed E-state index contributed by atoms with van der Waals surface area (Å²) >= 11 is 0. The van der Waals surface area contributed by atoms with E-state index in [9.17, 15) is 0 Å². The zero-order chi connectivity index (χ0) is 8.67. The van der Waals surface area contributed by atoms with Gasteiger partial charge in [0.05, 0.1) is 23.3 Å². The highest BCUT2D eigenvalue weighted by atomic mass is 16.6.